The molecule has 3 saturated carbocycles. The lowest BCUT2D eigenvalue weighted by Crippen LogP contribution is -2.61. The number of nitrogens with zero attached hydrogens (tertiary/aromatic N) is 1. The van der Waals surface area contributed by atoms with E-state index < -0.39 is 10.8 Å². The van der Waals surface area contributed by atoms with Crippen molar-refractivity contribution in [2.45, 2.75) is 79.6 Å². The molecule has 5 nitrogen and oxygen atoms in total. The first-order chi connectivity index (χ1) is 16.3. The summed E-state index contributed by atoms with van der Waals surface area (Å²) in [4.78, 5) is 40.1. The normalized spacial score (nSPS) is 46.0. The molecule has 0 heterocycles. The fourth-order valence-corrected chi connectivity index (χ4v) is 9.45. The Bertz CT molecular complexity index is 1110. The molecule has 0 aromatic heterocycles. The van der Waals surface area contributed by atoms with Gasteiger partial charge in [-0.05, 0) is 79.6 Å². The number of Topliss-reactive ketones (excluding diaryl/α,β-unsaturated/α-hetero) is 1. The van der Waals surface area contributed by atoms with Crippen LogP contribution < -0.4 is 0 Å². The zero-order valence-electron chi connectivity index (χ0n) is 22.1. The minimum atomic E-state index is -0.566. The van der Waals surface area contributed by atoms with Gasteiger partial charge in [0.1, 0.15) is 6.07 Å². The molecule has 0 amide bonds. The zero-order valence-corrected chi connectivity index (χ0v) is 22.1. The summed E-state index contributed by atoms with van der Waals surface area (Å²) in [7, 11) is 1.48. The van der Waals surface area contributed by atoms with Crippen LogP contribution in [0.15, 0.2) is 23.3 Å². The number of rotatable bonds is 1. The van der Waals surface area contributed by atoms with Gasteiger partial charge in [-0.15, -0.1) is 0 Å². The Kier molecular flexibility index (Phi) is 5.34. The quantitative estimate of drug-likeness (QED) is 0.459. The first kappa shape index (κ1) is 24.5. The Balaban J connectivity index is 1.64. The Hall–Kier alpha value is -2.22. The lowest BCUT2D eigenvalue weighted by molar-refractivity contribution is -0.177. The van der Waals surface area contributed by atoms with Gasteiger partial charge >= 0.3 is 5.97 Å². The van der Waals surface area contributed by atoms with Gasteiger partial charge in [-0.3, -0.25) is 14.4 Å². The summed E-state index contributed by atoms with van der Waals surface area (Å²) in [5, 5.41) is 9.70. The van der Waals surface area contributed by atoms with Crippen LogP contribution in [0.25, 0.3) is 0 Å². The van der Waals surface area contributed by atoms with Crippen molar-refractivity contribution in [2.24, 2.45) is 51.2 Å². The molecule has 0 bridgehead atoms. The van der Waals surface area contributed by atoms with Crippen LogP contribution in [0.5, 0.6) is 0 Å². The fourth-order valence-electron chi connectivity index (χ4n) is 9.45. The maximum atomic E-state index is 14.1. The van der Waals surface area contributed by atoms with E-state index in [0.717, 1.165) is 50.5 Å². The monoisotopic (exact) mass is 477 g/mol. The van der Waals surface area contributed by atoms with Crippen molar-refractivity contribution in [3.05, 3.63) is 23.3 Å². The highest BCUT2D eigenvalue weighted by atomic mass is 16.5. The van der Waals surface area contributed by atoms with E-state index in [2.05, 4.69) is 33.8 Å². The number of methoxy groups -OCH3 is 1. The number of ether oxygens (including phenoxy) is 1. The van der Waals surface area contributed by atoms with Crippen LogP contribution in [0.4, 0.5) is 0 Å². The van der Waals surface area contributed by atoms with Gasteiger partial charge in [0, 0.05) is 17.3 Å². The molecule has 0 spiro atoms. The molecule has 0 aliphatic heterocycles. The van der Waals surface area contributed by atoms with Crippen molar-refractivity contribution < 1.29 is 19.1 Å². The van der Waals surface area contributed by atoms with Crippen LogP contribution in [0.2, 0.25) is 0 Å². The van der Waals surface area contributed by atoms with E-state index in [9.17, 15) is 19.6 Å². The summed E-state index contributed by atoms with van der Waals surface area (Å²) in [5.41, 5.74) is 0.199. The average Bonchev–Trinajstić information content (AvgIpc) is 2.81. The predicted octanol–water partition coefficient (Wildman–Crippen LogP) is 5.60. The number of hydrogen-bond donors (Lipinski definition) is 0. The summed E-state index contributed by atoms with van der Waals surface area (Å²) >= 11 is 0. The van der Waals surface area contributed by atoms with Crippen molar-refractivity contribution >= 4 is 17.5 Å². The van der Waals surface area contributed by atoms with Crippen molar-refractivity contribution in [3.63, 3.8) is 0 Å². The molecule has 0 saturated heterocycles. The van der Waals surface area contributed by atoms with Crippen molar-refractivity contribution in [1.29, 1.82) is 5.26 Å². The molecule has 0 aromatic carbocycles. The van der Waals surface area contributed by atoms with Gasteiger partial charge in [-0.2, -0.15) is 5.26 Å². The summed E-state index contributed by atoms with van der Waals surface area (Å²) in [5.74, 6) is -0.226. The number of carbonyl (C=O) groups is 3. The molecule has 8 atom stereocenters. The van der Waals surface area contributed by atoms with E-state index in [1.54, 1.807) is 0 Å². The molecule has 5 rings (SSSR count). The third-order valence-electron chi connectivity index (χ3n) is 11.3. The summed E-state index contributed by atoms with van der Waals surface area (Å²) in [6.07, 6.45) is 9.82. The Morgan fingerprint density at radius 2 is 1.71 bits per heavy atom. The highest BCUT2D eigenvalue weighted by Gasteiger charge is 2.66. The molecule has 5 aliphatic rings. The van der Waals surface area contributed by atoms with E-state index in [1.807, 2.05) is 19.1 Å². The molecule has 188 valence electrons. The second-order valence-electron chi connectivity index (χ2n) is 13.4. The molecule has 5 heteroatoms. The van der Waals surface area contributed by atoms with E-state index in [4.69, 9.17) is 4.74 Å². The molecule has 0 aromatic rings. The SMILES string of the molecule is COC(=O)C12CCC3C(C(=O)C=C4C5(C)C=C(C#N)C(=O)C(C)C5CC[C@]43C)C1CC(C)(C)CC2. The minimum absolute atomic E-state index is 0.0119. The molecule has 7 unspecified atom stereocenters. The van der Waals surface area contributed by atoms with Crippen LogP contribution in [-0.4, -0.2) is 24.6 Å². The summed E-state index contributed by atoms with van der Waals surface area (Å²) in [6, 6.07) is 2.14. The molecular formula is C30H39NO4. The zero-order chi connectivity index (χ0) is 25.6. The van der Waals surface area contributed by atoms with Crippen molar-refractivity contribution in [3.8, 4) is 6.07 Å². The van der Waals surface area contributed by atoms with Crippen LogP contribution >= 0.6 is 0 Å². The highest BCUT2D eigenvalue weighted by Crippen LogP contribution is 2.69. The van der Waals surface area contributed by atoms with Gasteiger partial charge in [0.2, 0.25) is 0 Å². The lowest BCUT2D eigenvalue weighted by Gasteiger charge is -2.63. The van der Waals surface area contributed by atoms with E-state index in [1.165, 1.54) is 7.11 Å². The van der Waals surface area contributed by atoms with E-state index >= 15 is 0 Å². The minimum Gasteiger partial charge on any atom is -0.469 e. The molecule has 5 aliphatic carbocycles. The first-order valence-electron chi connectivity index (χ1n) is 13.4. The van der Waals surface area contributed by atoms with Crippen LogP contribution in [0, 0.1) is 62.6 Å². The van der Waals surface area contributed by atoms with Crippen LogP contribution in [-0.2, 0) is 19.1 Å². The van der Waals surface area contributed by atoms with Crippen molar-refractivity contribution in [1.82, 2.24) is 0 Å². The van der Waals surface area contributed by atoms with E-state index in [-0.39, 0.29) is 63.5 Å². The maximum Gasteiger partial charge on any atom is 0.312 e. The average molecular weight is 478 g/mol. The van der Waals surface area contributed by atoms with Gasteiger partial charge < -0.3 is 4.74 Å². The topological polar surface area (TPSA) is 84.2 Å². The lowest BCUT2D eigenvalue weighted by atomic mass is 9.39. The largest absolute Gasteiger partial charge is 0.469 e. The second-order valence-corrected chi connectivity index (χ2v) is 13.4. The van der Waals surface area contributed by atoms with Gasteiger partial charge in [0.15, 0.2) is 11.6 Å². The number of hydrogen-bond acceptors (Lipinski definition) is 5. The van der Waals surface area contributed by atoms with Gasteiger partial charge in [-0.25, -0.2) is 0 Å². The molecular weight excluding hydrogens is 438 g/mol. The first-order valence-corrected chi connectivity index (χ1v) is 13.4. The Labute approximate surface area is 209 Å². The van der Waals surface area contributed by atoms with Crippen LogP contribution in [0.3, 0.4) is 0 Å². The molecule has 35 heavy (non-hydrogen) atoms. The third-order valence-corrected chi connectivity index (χ3v) is 11.3. The Morgan fingerprint density at radius 3 is 2.37 bits per heavy atom. The molecule has 3 fully saturated rings. The number of nitriles is 1. The summed E-state index contributed by atoms with van der Waals surface area (Å²) < 4.78 is 5.36. The molecule has 0 N–H and O–H groups in total. The van der Waals surface area contributed by atoms with Gasteiger partial charge in [-0.1, -0.05) is 46.3 Å². The van der Waals surface area contributed by atoms with Gasteiger partial charge in [0.25, 0.3) is 0 Å². The molecule has 0 radical (unpaired) electrons. The predicted molar refractivity (Wildman–Crippen MR) is 132 cm³/mol. The third kappa shape index (κ3) is 3.14. The number of ketones is 2. The maximum absolute atomic E-state index is 14.1. The van der Waals surface area contributed by atoms with Crippen molar-refractivity contribution in [2.75, 3.05) is 7.11 Å². The number of allylic oxidation sites excluding steroid dienone is 4. The Morgan fingerprint density at radius 1 is 1.03 bits per heavy atom. The second kappa shape index (κ2) is 7.64. The number of esters is 1. The standard InChI is InChI=1S/C30H39NO4/c1-17-19-7-9-28(4)20-8-10-30(26(34)35-6)12-11-27(2,3)15-21(30)24(20)22(32)13-23(28)29(19,5)14-18(16-31)25(17)33/h13-14,17,19-21,24H,7-12,15H2,1-6H3/t17?,19?,20?,21?,24?,28-,29?,30?/m0/s1. The van der Waals surface area contributed by atoms with Crippen LogP contribution in [0.1, 0.15) is 79.6 Å². The smallest absolute Gasteiger partial charge is 0.312 e. The number of carbonyl (C=O) groups excluding carboxylic acids is 3. The number of fused-ring (bicyclic) bond motifs is 7. The van der Waals surface area contributed by atoms with E-state index in [0.29, 0.717) is 0 Å². The summed E-state index contributed by atoms with van der Waals surface area (Å²) in [6.45, 7) is 10.9. The highest BCUT2D eigenvalue weighted by molar-refractivity contribution is 6.02. The fraction of sp³-hybridized carbons (Fsp3) is 0.733. The van der Waals surface area contributed by atoms with Gasteiger partial charge in [0.05, 0.1) is 18.1 Å².